The topological polar surface area (TPSA) is 49.8 Å². The Balaban J connectivity index is 0.000000243. The van der Waals surface area contributed by atoms with Crippen molar-refractivity contribution < 1.29 is 0 Å². The maximum absolute atomic E-state index is 4.71. The number of anilines is 2. The summed E-state index contributed by atoms with van der Waals surface area (Å²) in [6.45, 7) is 6.26. The molecule has 176 valence electrons. The third kappa shape index (κ3) is 7.56. The molecule has 3 heterocycles. The second kappa shape index (κ2) is 12.5. The highest BCUT2D eigenvalue weighted by Crippen LogP contribution is 2.32. The van der Waals surface area contributed by atoms with Crippen LogP contribution in [-0.2, 0) is 13.0 Å². The molecule has 0 amide bonds. The maximum Gasteiger partial charge on any atom is 0.188 e. The third-order valence-corrected chi connectivity index (χ3v) is 8.16. The molecule has 5 rings (SSSR count). The van der Waals surface area contributed by atoms with Gasteiger partial charge in [-0.1, -0.05) is 81.8 Å². The number of nitrogens with one attached hydrogen (secondary N) is 2. The van der Waals surface area contributed by atoms with Crippen LogP contribution in [0.2, 0.25) is 0 Å². The average molecular weight is 481 g/mol. The van der Waals surface area contributed by atoms with Gasteiger partial charge in [0.2, 0.25) is 0 Å². The molecular weight excluding hydrogens is 444 g/mol. The quantitative estimate of drug-likeness (QED) is 0.378. The molecule has 2 aromatic heterocycles. The van der Waals surface area contributed by atoms with E-state index >= 15 is 0 Å². The Morgan fingerprint density at radius 2 is 1.88 bits per heavy atom. The van der Waals surface area contributed by atoms with E-state index in [9.17, 15) is 0 Å². The predicted octanol–water partition coefficient (Wildman–Crippen LogP) is 7.75. The highest BCUT2D eigenvalue weighted by molar-refractivity contribution is 7.99. The molecule has 1 aliphatic carbocycles. The summed E-state index contributed by atoms with van der Waals surface area (Å²) < 4.78 is 0. The number of rotatable bonds is 6. The molecule has 1 fully saturated rings. The molecule has 3 aromatic rings. The van der Waals surface area contributed by atoms with Gasteiger partial charge >= 0.3 is 0 Å². The van der Waals surface area contributed by atoms with Gasteiger partial charge in [-0.25, -0.2) is 9.97 Å². The number of benzene rings is 1. The average Bonchev–Trinajstić information content (AvgIpc) is 3.23. The third-order valence-electron chi connectivity index (χ3n) is 6.16. The second-order valence-corrected chi connectivity index (χ2v) is 11.2. The van der Waals surface area contributed by atoms with E-state index in [1.54, 1.807) is 23.1 Å². The number of hydrogen-bond acceptors (Lipinski definition) is 6. The fraction of sp³-hybridized carbons (Fsp3) is 0.481. The first-order valence-corrected chi connectivity index (χ1v) is 14.0. The van der Waals surface area contributed by atoms with Crippen LogP contribution in [0.15, 0.2) is 52.3 Å². The van der Waals surface area contributed by atoms with E-state index in [-0.39, 0.29) is 0 Å². The zero-order chi connectivity index (χ0) is 22.9. The van der Waals surface area contributed by atoms with E-state index in [4.69, 9.17) is 4.98 Å². The van der Waals surface area contributed by atoms with Gasteiger partial charge in [-0.3, -0.25) is 0 Å². The molecule has 2 N–H and O–H groups in total. The standard InChI is InChI=1S/C18H18N4S2.C9H18/c1-12-9-14(23-13-5-3-2-4-6-13)10-17(20-12)22-18-21-15-7-8-19-11-16(15)24-18;1-2-6-9-7-4-3-5-8-9/h2-6,9-10,19H,7-8,11H2,1H3,(H,20,21,22);9H,2-8H2,1H3. The van der Waals surface area contributed by atoms with E-state index in [2.05, 4.69) is 58.9 Å². The van der Waals surface area contributed by atoms with Crippen LogP contribution in [0.5, 0.6) is 0 Å². The lowest BCUT2D eigenvalue weighted by Crippen LogP contribution is -2.22. The van der Waals surface area contributed by atoms with E-state index in [1.165, 1.54) is 65.3 Å². The molecule has 0 bridgehead atoms. The first-order chi connectivity index (χ1) is 16.2. The number of thiazole rings is 1. The molecule has 0 saturated heterocycles. The highest BCUT2D eigenvalue weighted by atomic mass is 32.2. The summed E-state index contributed by atoms with van der Waals surface area (Å²) in [4.78, 5) is 13.0. The Kier molecular flexibility index (Phi) is 9.21. The van der Waals surface area contributed by atoms with Crippen LogP contribution in [-0.4, -0.2) is 16.5 Å². The fourth-order valence-corrected chi connectivity index (χ4v) is 6.51. The van der Waals surface area contributed by atoms with Crippen LogP contribution in [0.1, 0.15) is 68.1 Å². The summed E-state index contributed by atoms with van der Waals surface area (Å²) in [7, 11) is 0. The number of nitrogens with zero attached hydrogens (tertiary/aromatic N) is 2. The van der Waals surface area contributed by atoms with Crippen molar-refractivity contribution in [3.63, 3.8) is 0 Å². The molecule has 1 aromatic carbocycles. The first-order valence-electron chi connectivity index (χ1n) is 12.4. The lowest BCUT2D eigenvalue weighted by atomic mass is 9.86. The van der Waals surface area contributed by atoms with Crippen molar-refractivity contribution in [2.24, 2.45) is 5.92 Å². The van der Waals surface area contributed by atoms with Crippen LogP contribution in [0, 0.1) is 12.8 Å². The van der Waals surface area contributed by atoms with Crippen LogP contribution in [0.3, 0.4) is 0 Å². The lowest BCUT2D eigenvalue weighted by Gasteiger charge is -2.20. The Labute approximate surface area is 207 Å². The van der Waals surface area contributed by atoms with Gasteiger partial charge in [-0.15, -0.1) is 11.3 Å². The number of aryl methyl sites for hydroxylation is 1. The van der Waals surface area contributed by atoms with Gasteiger partial charge in [0.1, 0.15) is 5.82 Å². The minimum absolute atomic E-state index is 0.854. The van der Waals surface area contributed by atoms with Crippen LogP contribution in [0.4, 0.5) is 10.9 Å². The Morgan fingerprint density at radius 3 is 2.64 bits per heavy atom. The van der Waals surface area contributed by atoms with Gasteiger partial charge in [-0.05, 0) is 37.1 Å². The molecular formula is C27H36N4S2. The van der Waals surface area contributed by atoms with Crippen molar-refractivity contribution in [3.8, 4) is 0 Å². The van der Waals surface area contributed by atoms with Gasteiger partial charge in [0.15, 0.2) is 5.13 Å². The number of pyridine rings is 1. The van der Waals surface area contributed by atoms with Gasteiger partial charge in [-0.2, -0.15) is 0 Å². The van der Waals surface area contributed by atoms with Crippen LogP contribution < -0.4 is 10.6 Å². The lowest BCUT2D eigenvalue weighted by molar-refractivity contribution is 0.336. The summed E-state index contributed by atoms with van der Waals surface area (Å²) in [5.74, 6) is 1.95. The Hall–Kier alpha value is -1.89. The van der Waals surface area contributed by atoms with Crippen molar-refractivity contribution in [2.75, 3.05) is 11.9 Å². The van der Waals surface area contributed by atoms with E-state index in [0.29, 0.717) is 0 Å². The van der Waals surface area contributed by atoms with Crippen LogP contribution >= 0.6 is 23.1 Å². The SMILES string of the molecule is CCCC1CCCCC1.Cc1cc(Sc2ccccc2)cc(Nc2nc3c(s2)CNCC3)n1. The van der Waals surface area contributed by atoms with E-state index < -0.39 is 0 Å². The van der Waals surface area contributed by atoms with Crippen molar-refractivity contribution in [1.29, 1.82) is 0 Å². The first kappa shape index (κ1) is 24.2. The Bertz CT molecular complexity index is 970. The van der Waals surface area contributed by atoms with Gasteiger partial charge in [0, 0.05) is 39.9 Å². The summed E-state index contributed by atoms with van der Waals surface area (Å²) in [5, 5.41) is 7.70. The van der Waals surface area contributed by atoms with Crippen molar-refractivity contribution in [2.45, 2.75) is 81.5 Å². The summed E-state index contributed by atoms with van der Waals surface area (Å²) in [5.41, 5.74) is 2.22. The molecule has 0 unspecified atom stereocenters. The molecule has 0 atom stereocenters. The van der Waals surface area contributed by atoms with Gasteiger partial charge in [0.05, 0.1) is 5.69 Å². The normalized spacial score (nSPS) is 15.9. The van der Waals surface area contributed by atoms with Crippen LogP contribution in [0.25, 0.3) is 0 Å². The minimum atomic E-state index is 0.854. The largest absolute Gasteiger partial charge is 0.316 e. The van der Waals surface area contributed by atoms with Gasteiger partial charge in [0.25, 0.3) is 0 Å². The summed E-state index contributed by atoms with van der Waals surface area (Å²) >= 11 is 3.46. The maximum atomic E-state index is 4.71. The zero-order valence-electron chi connectivity index (χ0n) is 19.9. The number of fused-ring (bicyclic) bond motifs is 1. The van der Waals surface area contributed by atoms with Gasteiger partial charge < -0.3 is 10.6 Å². The minimum Gasteiger partial charge on any atom is -0.316 e. The highest BCUT2D eigenvalue weighted by Gasteiger charge is 2.15. The fourth-order valence-electron chi connectivity index (χ4n) is 4.56. The predicted molar refractivity (Wildman–Crippen MR) is 142 cm³/mol. The van der Waals surface area contributed by atoms with E-state index in [1.807, 2.05) is 13.0 Å². The molecule has 1 aliphatic heterocycles. The zero-order valence-corrected chi connectivity index (χ0v) is 21.5. The second-order valence-electron chi connectivity index (χ2n) is 8.98. The van der Waals surface area contributed by atoms with Crippen molar-refractivity contribution in [1.82, 2.24) is 15.3 Å². The van der Waals surface area contributed by atoms with Crippen molar-refractivity contribution >= 4 is 34.0 Å². The number of hydrogen-bond donors (Lipinski definition) is 2. The van der Waals surface area contributed by atoms with E-state index in [0.717, 1.165) is 42.1 Å². The smallest absolute Gasteiger partial charge is 0.188 e. The van der Waals surface area contributed by atoms with Crippen molar-refractivity contribution in [3.05, 3.63) is 58.7 Å². The monoisotopic (exact) mass is 480 g/mol. The summed E-state index contributed by atoms with van der Waals surface area (Å²) in [6.07, 6.45) is 11.4. The Morgan fingerprint density at radius 1 is 1.06 bits per heavy atom. The molecule has 0 spiro atoms. The molecule has 2 aliphatic rings. The molecule has 1 saturated carbocycles. The number of aromatic nitrogens is 2. The molecule has 4 nitrogen and oxygen atoms in total. The molecule has 6 heteroatoms. The summed E-state index contributed by atoms with van der Waals surface area (Å²) in [6, 6.07) is 14.6. The molecule has 0 radical (unpaired) electrons. The molecule has 33 heavy (non-hydrogen) atoms.